The number of para-hydroxylation sites is 2. The molecule has 0 N–H and O–H groups in total. The monoisotopic (exact) mass is 707 g/mol. The normalized spacial score (nSPS) is 11.7. The largest absolute Gasteiger partial charge is 0.455 e. The smallest absolute Gasteiger partial charge is 0.160 e. The van der Waals surface area contributed by atoms with E-state index in [0.717, 1.165) is 77.7 Å². The minimum atomic E-state index is 0.685. The molecule has 4 aromatic heterocycles. The van der Waals surface area contributed by atoms with Crippen molar-refractivity contribution >= 4 is 64.4 Å². The fraction of sp³-hybridized carbons (Fsp3) is 0. The van der Waals surface area contributed by atoms with Crippen molar-refractivity contribution in [2.45, 2.75) is 0 Å². The molecule has 54 heavy (non-hydrogen) atoms. The van der Waals surface area contributed by atoms with Gasteiger partial charge >= 0.3 is 0 Å². The molecule has 7 aromatic carbocycles. The van der Waals surface area contributed by atoms with Gasteiger partial charge in [0.15, 0.2) is 5.82 Å². The van der Waals surface area contributed by atoms with Crippen molar-refractivity contribution in [1.29, 1.82) is 0 Å². The molecule has 4 heterocycles. The molecule has 0 bridgehead atoms. The standard InChI is InChI=1S/C49H29N3OS/c1-3-14-30(15-4-1)40-29-41(51-49(50-40)31-16-5-2-6-17-31)32-18-11-19-33(28-32)45-44-38-21-7-9-26-42(38)53-47(44)39-25-12-22-35(46(39)52-45)37-24-13-23-36-34-20-8-10-27-43(34)54-48(36)37/h1-29H. The predicted octanol–water partition coefficient (Wildman–Crippen LogP) is 13.6. The first-order valence-corrected chi connectivity index (χ1v) is 18.8. The third-order valence-electron chi connectivity index (χ3n) is 10.3. The number of fused-ring (bicyclic) bond motifs is 8. The molecule has 0 radical (unpaired) electrons. The second-order valence-corrected chi connectivity index (χ2v) is 14.6. The Labute approximate surface area is 314 Å². The first kappa shape index (κ1) is 30.7. The minimum absolute atomic E-state index is 0.685. The summed E-state index contributed by atoms with van der Waals surface area (Å²) >= 11 is 1.83. The van der Waals surface area contributed by atoms with Crippen LogP contribution in [0.3, 0.4) is 0 Å². The average Bonchev–Trinajstić information content (AvgIpc) is 3.83. The molecule has 5 heteroatoms. The molecule has 4 nitrogen and oxygen atoms in total. The summed E-state index contributed by atoms with van der Waals surface area (Å²) in [6.07, 6.45) is 0. The molecule has 252 valence electrons. The van der Waals surface area contributed by atoms with E-state index in [9.17, 15) is 0 Å². The molecule has 0 fully saturated rings. The zero-order valence-electron chi connectivity index (χ0n) is 28.9. The molecule has 0 saturated heterocycles. The van der Waals surface area contributed by atoms with Gasteiger partial charge in [-0.05, 0) is 30.3 Å². The summed E-state index contributed by atoms with van der Waals surface area (Å²) in [6.45, 7) is 0. The van der Waals surface area contributed by atoms with Crippen molar-refractivity contribution in [2.24, 2.45) is 0 Å². The summed E-state index contributed by atoms with van der Waals surface area (Å²) in [5.74, 6) is 0.685. The van der Waals surface area contributed by atoms with Gasteiger partial charge in [0.25, 0.3) is 0 Å². The Morgan fingerprint density at radius 1 is 0.426 bits per heavy atom. The lowest BCUT2D eigenvalue weighted by Crippen LogP contribution is -1.96. The van der Waals surface area contributed by atoms with Gasteiger partial charge in [-0.2, -0.15) is 0 Å². The van der Waals surface area contributed by atoms with Gasteiger partial charge in [-0.25, -0.2) is 15.0 Å². The molecule has 0 aliphatic carbocycles. The van der Waals surface area contributed by atoms with E-state index in [-0.39, 0.29) is 0 Å². The lowest BCUT2D eigenvalue weighted by Gasteiger charge is -2.13. The van der Waals surface area contributed by atoms with Crippen LogP contribution in [0.1, 0.15) is 0 Å². The van der Waals surface area contributed by atoms with Crippen LogP contribution in [0.5, 0.6) is 0 Å². The Balaban J connectivity index is 1.16. The maximum absolute atomic E-state index is 6.74. The number of thiophene rings is 1. The molecule has 0 unspecified atom stereocenters. The molecular weight excluding hydrogens is 679 g/mol. The van der Waals surface area contributed by atoms with Crippen LogP contribution in [0.15, 0.2) is 180 Å². The van der Waals surface area contributed by atoms with Crippen LogP contribution in [-0.4, -0.2) is 15.0 Å². The zero-order chi connectivity index (χ0) is 35.6. The van der Waals surface area contributed by atoms with E-state index in [4.69, 9.17) is 19.4 Å². The minimum Gasteiger partial charge on any atom is -0.455 e. The van der Waals surface area contributed by atoms with Gasteiger partial charge in [0.1, 0.15) is 11.2 Å². The third-order valence-corrected chi connectivity index (χ3v) is 11.5. The average molecular weight is 708 g/mol. The molecular formula is C49H29N3OS. The molecule has 0 atom stereocenters. The first-order chi connectivity index (χ1) is 26.8. The van der Waals surface area contributed by atoms with Crippen molar-refractivity contribution in [1.82, 2.24) is 15.0 Å². The second kappa shape index (κ2) is 12.3. The maximum atomic E-state index is 6.74. The van der Waals surface area contributed by atoms with Gasteiger partial charge in [0.05, 0.1) is 28.0 Å². The third kappa shape index (κ3) is 4.94. The summed E-state index contributed by atoms with van der Waals surface area (Å²) in [7, 11) is 0. The Morgan fingerprint density at radius 2 is 1.04 bits per heavy atom. The SMILES string of the molecule is c1ccc(-c2cc(-c3cccc(-c4nc5c(-c6cccc7c6sc6ccccc67)cccc5c5oc6ccccc6c45)c3)nc(-c3ccccc3)n2)cc1. The van der Waals surface area contributed by atoms with Crippen LogP contribution in [0, 0.1) is 0 Å². The van der Waals surface area contributed by atoms with Gasteiger partial charge in [0.2, 0.25) is 0 Å². The molecule has 11 aromatic rings. The van der Waals surface area contributed by atoms with Gasteiger partial charge < -0.3 is 4.42 Å². The number of hydrogen-bond donors (Lipinski definition) is 0. The lowest BCUT2D eigenvalue weighted by molar-refractivity contribution is 0.672. The summed E-state index contributed by atoms with van der Waals surface area (Å²) < 4.78 is 9.28. The van der Waals surface area contributed by atoms with E-state index in [1.165, 1.54) is 25.7 Å². The summed E-state index contributed by atoms with van der Waals surface area (Å²) in [6, 6.07) is 61.1. The van der Waals surface area contributed by atoms with Gasteiger partial charge in [-0.3, -0.25) is 0 Å². The van der Waals surface area contributed by atoms with Crippen molar-refractivity contribution in [3.05, 3.63) is 176 Å². The van der Waals surface area contributed by atoms with Crippen molar-refractivity contribution in [2.75, 3.05) is 0 Å². The second-order valence-electron chi connectivity index (χ2n) is 13.5. The number of rotatable bonds is 5. The van der Waals surface area contributed by atoms with Crippen LogP contribution in [0.4, 0.5) is 0 Å². The highest BCUT2D eigenvalue weighted by Gasteiger charge is 2.21. The Morgan fingerprint density at radius 3 is 1.87 bits per heavy atom. The van der Waals surface area contributed by atoms with Gasteiger partial charge in [0, 0.05) is 64.3 Å². The van der Waals surface area contributed by atoms with Crippen LogP contribution < -0.4 is 0 Å². The van der Waals surface area contributed by atoms with E-state index in [1.54, 1.807) is 0 Å². The van der Waals surface area contributed by atoms with Crippen LogP contribution >= 0.6 is 11.3 Å². The molecule has 0 aliphatic rings. The Bertz CT molecular complexity index is 3160. The number of nitrogens with zero attached hydrogens (tertiary/aromatic N) is 3. The number of furan rings is 1. The quantitative estimate of drug-likeness (QED) is 0.179. The summed E-state index contributed by atoms with van der Waals surface area (Å²) in [5.41, 5.74) is 11.4. The fourth-order valence-electron chi connectivity index (χ4n) is 7.76. The molecule has 0 amide bonds. The highest BCUT2D eigenvalue weighted by molar-refractivity contribution is 7.26. The van der Waals surface area contributed by atoms with E-state index in [2.05, 4.69) is 127 Å². The number of pyridine rings is 1. The molecule has 0 saturated carbocycles. The van der Waals surface area contributed by atoms with E-state index in [1.807, 2.05) is 59.9 Å². The van der Waals surface area contributed by atoms with Gasteiger partial charge in [-0.1, -0.05) is 146 Å². The Hall–Kier alpha value is -6.95. The van der Waals surface area contributed by atoms with Crippen LogP contribution in [0.25, 0.3) is 109 Å². The zero-order valence-corrected chi connectivity index (χ0v) is 29.7. The summed E-state index contributed by atoms with van der Waals surface area (Å²) in [4.78, 5) is 15.8. The first-order valence-electron chi connectivity index (χ1n) is 18.0. The van der Waals surface area contributed by atoms with Crippen LogP contribution in [0.2, 0.25) is 0 Å². The molecule has 0 aliphatic heterocycles. The van der Waals surface area contributed by atoms with E-state index < -0.39 is 0 Å². The maximum Gasteiger partial charge on any atom is 0.160 e. The van der Waals surface area contributed by atoms with E-state index in [0.29, 0.717) is 5.82 Å². The van der Waals surface area contributed by atoms with Gasteiger partial charge in [-0.15, -0.1) is 11.3 Å². The fourth-order valence-corrected chi connectivity index (χ4v) is 9.00. The molecule has 0 spiro atoms. The van der Waals surface area contributed by atoms with Crippen molar-refractivity contribution in [3.63, 3.8) is 0 Å². The number of aromatic nitrogens is 3. The van der Waals surface area contributed by atoms with Crippen molar-refractivity contribution < 1.29 is 4.42 Å². The van der Waals surface area contributed by atoms with E-state index >= 15 is 0 Å². The highest BCUT2D eigenvalue weighted by Crippen LogP contribution is 2.45. The predicted molar refractivity (Wildman–Crippen MR) is 225 cm³/mol. The van der Waals surface area contributed by atoms with Crippen molar-refractivity contribution in [3.8, 4) is 56.3 Å². The number of benzene rings is 7. The number of hydrogen-bond acceptors (Lipinski definition) is 5. The summed E-state index contributed by atoms with van der Waals surface area (Å²) in [5, 5.41) is 5.58. The molecule has 11 rings (SSSR count). The van der Waals surface area contributed by atoms with Crippen LogP contribution in [-0.2, 0) is 0 Å². The highest BCUT2D eigenvalue weighted by atomic mass is 32.1. The lowest BCUT2D eigenvalue weighted by atomic mass is 9.96. The topological polar surface area (TPSA) is 51.8 Å². The Kier molecular flexibility index (Phi) is 7.00.